The van der Waals surface area contributed by atoms with Crippen molar-refractivity contribution >= 4 is 34.9 Å². The Morgan fingerprint density at radius 2 is 1.77 bits per heavy atom. The van der Waals surface area contributed by atoms with Crippen molar-refractivity contribution in [2.75, 3.05) is 5.32 Å². The van der Waals surface area contributed by atoms with Crippen molar-refractivity contribution in [2.45, 2.75) is 20.1 Å². The molecule has 0 unspecified atom stereocenters. The first-order valence-corrected chi connectivity index (χ1v) is 9.56. The van der Waals surface area contributed by atoms with Gasteiger partial charge in [0.1, 0.15) is 11.0 Å². The van der Waals surface area contributed by atoms with Gasteiger partial charge < -0.3 is 14.8 Å². The van der Waals surface area contributed by atoms with E-state index in [0.29, 0.717) is 11.1 Å². The highest BCUT2D eigenvalue weighted by molar-refractivity contribution is 6.34. The third-order valence-electron chi connectivity index (χ3n) is 3.81. The number of hydrogen-bond acceptors (Lipinski definition) is 5. The van der Waals surface area contributed by atoms with E-state index in [2.05, 4.69) is 24.8 Å². The first-order valence-electron chi connectivity index (χ1n) is 8.80. The van der Waals surface area contributed by atoms with E-state index >= 15 is 0 Å². The Kier molecular flexibility index (Phi) is 6.38. The predicted molar refractivity (Wildman–Crippen MR) is 109 cm³/mol. The van der Waals surface area contributed by atoms with Crippen LogP contribution in [0.4, 0.5) is 14.6 Å². The van der Waals surface area contributed by atoms with Crippen LogP contribution in [0.3, 0.4) is 0 Å². The maximum atomic E-state index is 13.2. The van der Waals surface area contributed by atoms with Crippen LogP contribution in [-0.2, 0) is 0 Å². The smallest absolute Gasteiger partial charge is 0.395 e. The molecule has 1 N–H and O–H groups in total. The molecule has 3 heterocycles. The average molecular weight is 454 g/mol. The topological polar surface area (TPSA) is 73.3 Å². The van der Waals surface area contributed by atoms with Crippen molar-refractivity contribution in [2.24, 2.45) is 0 Å². The molecule has 1 amide bonds. The lowest BCUT2D eigenvalue weighted by molar-refractivity contribution is -0.286. The monoisotopic (exact) mass is 453 g/mol. The summed E-state index contributed by atoms with van der Waals surface area (Å²) in [6, 6.07) is 8.85. The minimum atomic E-state index is -3.73. The lowest BCUT2D eigenvalue weighted by Crippen LogP contribution is -2.25. The summed E-state index contributed by atoms with van der Waals surface area (Å²) in [5, 5.41) is 2.84. The normalized spacial score (nSPS) is 13.3. The lowest BCUT2D eigenvalue weighted by atomic mass is 10.1. The summed E-state index contributed by atoms with van der Waals surface area (Å²) in [7, 11) is 0. The Hall–Kier alpha value is -2.97. The number of halogens is 4. The molecule has 1 aromatic carbocycles. The number of rotatable bonds is 3. The van der Waals surface area contributed by atoms with E-state index < -0.39 is 12.2 Å². The number of amides is 1. The molecule has 0 atom stereocenters. The van der Waals surface area contributed by atoms with Crippen LogP contribution < -0.4 is 14.8 Å². The Balaban J connectivity index is 0.00000124. The summed E-state index contributed by atoms with van der Waals surface area (Å²) in [5.41, 5.74) is 1.15. The van der Waals surface area contributed by atoms with E-state index in [9.17, 15) is 13.6 Å². The molecule has 0 fully saturated rings. The zero-order valence-electron chi connectivity index (χ0n) is 15.7. The fourth-order valence-electron chi connectivity index (χ4n) is 2.56. The average Bonchev–Trinajstić information content (AvgIpc) is 3.02. The highest BCUT2D eigenvalue weighted by atomic mass is 35.5. The number of alkyl halides is 2. The first-order chi connectivity index (χ1) is 14.3. The summed E-state index contributed by atoms with van der Waals surface area (Å²) < 4.78 is 35.2. The Labute approximate surface area is 180 Å². The minimum Gasteiger partial charge on any atom is -0.395 e. The van der Waals surface area contributed by atoms with Crippen molar-refractivity contribution in [3.8, 4) is 22.6 Å². The highest BCUT2D eigenvalue weighted by Crippen LogP contribution is 2.46. The fraction of sp³-hybridized carbons (Fsp3) is 0.150. The first kappa shape index (κ1) is 21.7. The number of nitrogens with zero attached hydrogens (tertiary/aromatic N) is 2. The molecule has 0 saturated heterocycles. The Morgan fingerprint density at radius 3 is 2.40 bits per heavy atom. The molecule has 156 valence electrons. The van der Waals surface area contributed by atoms with Crippen molar-refractivity contribution in [1.29, 1.82) is 0 Å². The molecule has 2 aromatic heterocycles. The van der Waals surface area contributed by atoms with Gasteiger partial charge in [-0.3, -0.25) is 4.79 Å². The molecule has 30 heavy (non-hydrogen) atoms. The molecule has 0 bridgehead atoms. The second-order valence-electron chi connectivity index (χ2n) is 5.67. The Morgan fingerprint density at radius 1 is 1.07 bits per heavy atom. The summed E-state index contributed by atoms with van der Waals surface area (Å²) in [4.78, 5) is 20.2. The van der Waals surface area contributed by atoms with Crippen molar-refractivity contribution < 1.29 is 23.0 Å². The van der Waals surface area contributed by atoms with Crippen LogP contribution in [0.1, 0.15) is 24.2 Å². The van der Waals surface area contributed by atoms with Gasteiger partial charge in [-0.1, -0.05) is 37.0 Å². The summed E-state index contributed by atoms with van der Waals surface area (Å²) in [6.07, 6.45) is -0.830. The van der Waals surface area contributed by atoms with Crippen LogP contribution in [0.15, 0.2) is 48.8 Å². The van der Waals surface area contributed by atoms with Crippen LogP contribution in [0.2, 0.25) is 10.2 Å². The maximum Gasteiger partial charge on any atom is 0.586 e. The quantitative estimate of drug-likeness (QED) is 0.488. The van der Waals surface area contributed by atoms with Crippen LogP contribution >= 0.6 is 23.2 Å². The predicted octanol–water partition coefficient (Wildman–Crippen LogP) is 6.05. The summed E-state index contributed by atoms with van der Waals surface area (Å²) in [5.74, 6) is -0.490. The number of benzene rings is 1. The molecule has 6 nitrogen and oxygen atoms in total. The van der Waals surface area contributed by atoms with E-state index in [0.717, 1.165) is 0 Å². The number of fused-ring (bicyclic) bond motifs is 1. The second-order valence-corrected chi connectivity index (χ2v) is 6.44. The van der Waals surface area contributed by atoms with Gasteiger partial charge in [0.15, 0.2) is 11.5 Å². The summed E-state index contributed by atoms with van der Waals surface area (Å²) in [6.45, 7) is 4.00. The number of pyridine rings is 2. The van der Waals surface area contributed by atoms with Gasteiger partial charge in [0, 0.05) is 29.6 Å². The molecule has 1 aliphatic rings. The van der Waals surface area contributed by atoms with Gasteiger partial charge in [0.2, 0.25) is 0 Å². The molecule has 4 rings (SSSR count). The number of ether oxygens (including phenoxy) is 2. The van der Waals surface area contributed by atoms with E-state index in [4.69, 9.17) is 23.2 Å². The largest absolute Gasteiger partial charge is 0.586 e. The zero-order valence-corrected chi connectivity index (χ0v) is 17.3. The van der Waals surface area contributed by atoms with Gasteiger partial charge in [-0.25, -0.2) is 9.97 Å². The van der Waals surface area contributed by atoms with E-state index in [-0.39, 0.29) is 33.1 Å². The van der Waals surface area contributed by atoms with Crippen LogP contribution in [-0.4, -0.2) is 22.2 Å². The van der Waals surface area contributed by atoms with Gasteiger partial charge in [-0.05, 0) is 30.3 Å². The fourth-order valence-corrected chi connectivity index (χ4v) is 3.03. The van der Waals surface area contributed by atoms with Gasteiger partial charge >= 0.3 is 6.29 Å². The molecule has 0 saturated carbocycles. The number of aromatic nitrogens is 2. The van der Waals surface area contributed by atoms with Crippen LogP contribution in [0.5, 0.6) is 11.5 Å². The van der Waals surface area contributed by atoms with Gasteiger partial charge in [0.25, 0.3) is 5.91 Å². The number of nitrogens with one attached hydrogen (secondary N) is 1. The molecule has 10 heteroatoms. The third-order valence-corrected chi connectivity index (χ3v) is 4.42. The van der Waals surface area contributed by atoms with Crippen LogP contribution in [0, 0.1) is 0 Å². The maximum absolute atomic E-state index is 13.2. The van der Waals surface area contributed by atoms with E-state index in [1.165, 1.54) is 36.7 Å². The van der Waals surface area contributed by atoms with E-state index in [1.807, 2.05) is 13.8 Å². The lowest BCUT2D eigenvalue weighted by Gasteiger charge is -2.08. The van der Waals surface area contributed by atoms with E-state index in [1.54, 1.807) is 12.1 Å². The molecular formula is C20H15Cl2F2N3O3. The molecule has 3 aromatic rings. The molecule has 0 spiro atoms. The minimum absolute atomic E-state index is 0.0700. The molecular weight excluding hydrogens is 439 g/mol. The summed E-state index contributed by atoms with van der Waals surface area (Å²) >= 11 is 12.0. The highest BCUT2D eigenvalue weighted by Gasteiger charge is 2.43. The van der Waals surface area contributed by atoms with Gasteiger partial charge in [0.05, 0.1) is 10.6 Å². The second kappa shape index (κ2) is 8.81. The number of anilines is 1. The number of carbonyl (C=O) groups excluding carboxylic acids is 1. The van der Waals surface area contributed by atoms with Crippen molar-refractivity contribution in [1.82, 2.24) is 9.97 Å². The van der Waals surface area contributed by atoms with Crippen molar-refractivity contribution in [3.63, 3.8) is 0 Å². The number of hydrogen-bond donors (Lipinski definition) is 1. The molecule has 0 radical (unpaired) electrons. The standard InChI is InChI=1S/C18H9Cl2F2N3O3.C2H6/c19-12-7-14-13(27-18(21,22)28-14)6-11(12)9-3-4-15(24-8-9)25-17(26)10-2-1-5-23-16(10)20;1-2/h1-8H,(H,24,25,26);1-2H3. The van der Waals surface area contributed by atoms with Crippen molar-refractivity contribution in [3.05, 3.63) is 64.5 Å². The SMILES string of the molecule is CC.O=C(Nc1ccc(-c2cc3c(cc2Cl)OC(F)(F)O3)cn1)c1cccnc1Cl. The van der Waals surface area contributed by atoms with Gasteiger partial charge in [-0.15, -0.1) is 8.78 Å². The molecule has 0 aliphatic carbocycles. The molecule has 1 aliphatic heterocycles. The number of carbonyl (C=O) groups is 1. The third kappa shape index (κ3) is 4.60. The zero-order chi connectivity index (χ0) is 21.9. The Bertz CT molecular complexity index is 1080. The van der Waals surface area contributed by atoms with Crippen LogP contribution in [0.25, 0.3) is 11.1 Å². The van der Waals surface area contributed by atoms with Gasteiger partial charge in [-0.2, -0.15) is 0 Å².